The van der Waals surface area contributed by atoms with E-state index in [1.54, 1.807) is 29.5 Å². The molecule has 23 heavy (non-hydrogen) atoms. The van der Waals surface area contributed by atoms with Gasteiger partial charge in [0.15, 0.2) is 0 Å². The zero-order valence-electron chi connectivity index (χ0n) is 13.0. The van der Waals surface area contributed by atoms with Gasteiger partial charge in [0.1, 0.15) is 0 Å². The van der Waals surface area contributed by atoms with Crippen LogP contribution in [-0.4, -0.2) is 28.5 Å². The van der Waals surface area contributed by atoms with Gasteiger partial charge in [0.25, 0.3) is 0 Å². The summed E-state index contributed by atoms with van der Waals surface area (Å²) in [6.07, 6.45) is 2.70. The quantitative estimate of drug-likeness (QED) is 0.779. The van der Waals surface area contributed by atoms with Gasteiger partial charge in [0, 0.05) is 18.3 Å². The Balaban J connectivity index is 1.66. The number of aromatic nitrogens is 1. The van der Waals surface area contributed by atoms with E-state index in [-0.39, 0.29) is 11.5 Å². The van der Waals surface area contributed by atoms with E-state index in [0.29, 0.717) is 19.4 Å². The summed E-state index contributed by atoms with van der Waals surface area (Å²) in [5.74, 6) is -0.917. The molecule has 0 bridgehead atoms. The van der Waals surface area contributed by atoms with Crippen molar-refractivity contribution in [2.24, 2.45) is 0 Å². The summed E-state index contributed by atoms with van der Waals surface area (Å²) in [4.78, 5) is 27.0. The summed E-state index contributed by atoms with van der Waals surface area (Å²) >= 11 is 1.62. The molecule has 0 unspecified atom stereocenters. The molecule has 2 rings (SSSR count). The summed E-state index contributed by atoms with van der Waals surface area (Å²) in [5, 5.41) is 14.9. The van der Waals surface area contributed by atoms with Crippen LogP contribution < -0.4 is 5.32 Å². The first kappa shape index (κ1) is 17.1. The number of nitrogens with one attached hydrogen (secondary N) is 1. The molecule has 5 nitrogen and oxygen atoms in total. The van der Waals surface area contributed by atoms with E-state index in [0.717, 1.165) is 29.1 Å². The molecule has 1 aromatic carbocycles. The fourth-order valence-electron chi connectivity index (χ4n) is 2.25. The molecule has 0 aliphatic carbocycles. The molecule has 1 amide bonds. The molecule has 2 N–H and O–H groups in total. The number of thiazole rings is 1. The third-order valence-electron chi connectivity index (χ3n) is 3.41. The number of hydrogen-bond acceptors (Lipinski definition) is 4. The van der Waals surface area contributed by atoms with Crippen molar-refractivity contribution in [2.75, 3.05) is 6.54 Å². The first-order valence-electron chi connectivity index (χ1n) is 7.54. The zero-order chi connectivity index (χ0) is 16.7. The molecule has 0 aliphatic heterocycles. The predicted octanol–water partition coefficient (Wildman–Crippen LogP) is 2.83. The van der Waals surface area contributed by atoms with Gasteiger partial charge in [-0.2, -0.15) is 0 Å². The number of nitrogens with zero attached hydrogens (tertiary/aromatic N) is 1. The van der Waals surface area contributed by atoms with Gasteiger partial charge in [0.05, 0.1) is 16.3 Å². The highest BCUT2D eigenvalue weighted by atomic mass is 32.1. The van der Waals surface area contributed by atoms with Gasteiger partial charge in [-0.1, -0.05) is 12.1 Å². The van der Waals surface area contributed by atoms with Crippen LogP contribution in [0, 0.1) is 6.92 Å². The van der Waals surface area contributed by atoms with Gasteiger partial charge in [-0.15, -0.1) is 11.3 Å². The highest BCUT2D eigenvalue weighted by Crippen LogP contribution is 2.10. The van der Waals surface area contributed by atoms with Crippen molar-refractivity contribution in [3.05, 3.63) is 51.5 Å². The van der Waals surface area contributed by atoms with E-state index in [1.165, 1.54) is 0 Å². The third-order valence-corrected chi connectivity index (χ3v) is 4.24. The molecule has 1 aromatic heterocycles. The molecular formula is C17H20N2O3S. The summed E-state index contributed by atoms with van der Waals surface area (Å²) in [6.45, 7) is 2.48. The number of rotatable bonds is 8. The number of carboxylic acid groups (broad SMARTS) is 1. The van der Waals surface area contributed by atoms with E-state index >= 15 is 0 Å². The minimum Gasteiger partial charge on any atom is -0.478 e. The molecule has 122 valence electrons. The van der Waals surface area contributed by atoms with Crippen LogP contribution in [0.1, 0.15) is 39.5 Å². The maximum atomic E-state index is 11.8. The molecule has 2 aromatic rings. The molecule has 0 radical (unpaired) electrons. The van der Waals surface area contributed by atoms with Crippen LogP contribution in [0.4, 0.5) is 0 Å². The van der Waals surface area contributed by atoms with Crippen molar-refractivity contribution in [1.29, 1.82) is 0 Å². The van der Waals surface area contributed by atoms with E-state index in [1.807, 2.05) is 18.4 Å². The molecule has 0 saturated carbocycles. The van der Waals surface area contributed by atoms with Crippen LogP contribution in [0.25, 0.3) is 0 Å². The summed E-state index contributed by atoms with van der Waals surface area (Å²) in [7, 11) is 0. The Labute approximate surface area is 139 Å². The summed E-state index contributed by atoms with van der Waals surface area (Å²) in [6, 6.07) is 6.78. The number of carbonyl (C=O) groups excluding carboxylic acids is 1. The zero-order valence-corrected chi connectivity index (χ0v) is 13.9. The highest BCUT2D eigenvalue weighted by molar-refractivity contribution is 7.09. The number of carboxylic acids is 1. The van der Waals surface area contributed by atoms with Gasteiger partial charge in [-0.05, 0) is 43.9 Å². The largest absolute Gasteiger partial charge is 0.478 e. The second-order valence-electron chi connectivity index (χ2n) is 5.32. The van der Waals surface area contributed by atoms with Gasteiger partial charge in [-0.3, -0.25) is 4.79 Å². The Morgan fingerprint density at radius 2 is 2.13 bits per heavy atom. The van der Waals surface area contributed by atoms with Crippen LogP contribution in [0.5, 0.6) is 0 Å². The number of amides is 1. The lowest BCUT2D eigenvalue weighted by atomic mass is 10.1. The molecule has 0 aliphatic rings. The minimum absolute atomic E-state index is 0.0198. The molecule has 0 fully saturated rings. The Morgan fingerprint density at radius 1 is 1.30 bits per heavy atom. The van der Waals surface area contributed by atoms with Crippen LogP contribution in [0.2, 0.25) is 0 Å². The normalized spacial score (nSPS) is 10.5. The van der Waals surface area contributed by atoms with Crippen molar-refractivity contribution in [3.63, 3.8) is 0 Å². The smallest absolute Gasteiger partial charge is 0.335 e. The van der Waals surface area contributed by atoms with Crippen molar-refractivity contribution in [3.8, 4) is 0 Å². The first-order chi connectivity index (χ1) is 11.0. The number of hydrogen-bond donors (Lipinski definition) is 2. The lowest BCUT2D eigenvalue weighted by Gasteiger charge is -2.06. The van der Waals surface area contributed by atoms with Gasteiger partial charge in [-0.25, -0.2) is 9.78 Å². The van der Waals surface area contributed by atoms with Crippen LogP contribution in [0.3, 0.4) is 0 Å². The van der Waals surface area contributed by atoms with Crippen LogP contribution >= 0.6 is 11.3 Å². The van der Waals surface area contributed by atoms with E-state index in [9.17, 15) is 9.59 Å². The second-order valence-corrected chi connectivity index (χ2v) is 6.38. The standard InChI is InChI=1S/C17H20N2O3S/c1-12-19-15(11-23-12)6-3-7-16(20)18-9-8-13-4-2-5-14(10-13)17(21)22/h2,4-5,10-11H,3,6-9H2,1H3,(H,18,20)(H,21,22). The van der Waals surface area contributed by atoms with E-state index in [2.05, 4.69) is 10.3 Å². The fraction of sp³-hybridized carbons (Fsp3) is 0.353. The molecular weight excluding hydrogens is 312 g/mol. The van der Waals surface area contributed by atoms with Gasteiger partial charge in [0.2, 0.25) is 5.91 Å². The third kappa shape index (κ3) is 5.83. The van der Waals surface area contributed by atoms with Crippen molar-refractivity contribution < 1.29 is 14.7 Å². The maximum absolute atomic E-state index is 11.8. The fourth-order valence-corrected chi connectivity index (χ4v) is 2.89. The van der Waals surface area contributed by atoms with Gasteiger partial charge >= 0.3 is 5.97 Å². The number of aromatic carboxylic acids is 1. The van der Waals surface area contributed by atoms with E-state index in [4.69, 9.17) is 5.11 Å². The molecule has 1 heterocycles. The molecule has 0 saturated heterocycles. The predicted molar refractivity (Wildman–Crippen MR) is 89.9 cm³/mol. The lowest BCUT2D eigenvalue weighted by molar-refractivity contribution is -0.121. The Bertz CT molecular complexity index is 682. The van der Waals surface area contributed by atoms with Gasteiger partial charge < -0.3 is 10.4 Å². The number of carbonyl (C=O) groups is 2. The number of benzene rings is 1. The van der Waals surface area contributed by atoms with Crippen LogP contribution in [0.15, 0.2) is 29.6 Å². The molecule has 0 spiro atoms. The Morgan fingerprint density at radius 3 is 2.83 bits per heavy atom. The number of aryl methyl sites for hydroxylation is 2. The minimum atomic E-state index is -0.937. The van der Waals surface area contributed by atoms with Crippen molar-refractivity contribution in [1.82, 2.24) is 10.3 Å². The monoisotopic (exact) mass is 332 g/mol. The summed E-state index contributed by atoms with van der Waals surface area (Å²) in [5.41, 5.74) is 2.22. The van der Waals surface area contributed by atoms with Crippen LogP contribution in [-0.2, 0) is 17.6 Å². The van der Waals surface area contributed by atoms with Crippen molar-refractivity contribution in [2.45, 2.75) is 32.6 Å². The molecule has 6 heteroatoms. The molecule has 0 atom stereocenters. The summed E-state index contributed by atoms with van der Waals surface area (Å²) < 4.78 is 0. The lowest BCUT2D eigenvalue weighted by Crippen LogP contribution is -2.25. The van der Waals surface area contributed by atoms with E-state index < -0.39 is 5.97 Å². The second kappa shape index (κ2) is 8.43. The van der Waals surface area contributed by atoms with Crippen molar-refractivity contribution >= 4 is 23.2 Å². The SMILES string of the molecule is Cc1nc(CCCC(=O)NCCc2cccc(C(=O)O)c2)cs1. The first-order valence-corrected chi connectivity index (χ1v) is 8.42. The Hall–Kier alpha value is -2.21. The Kier molecular flexibility index (Phi) is 6.29. The average Bonchev–Trinajstić information content (AvgIpc) is 2.93. The topological polar surface area (TPSA) is 79.3 Å². The highest BCUT2D eigenvalue weighted by Gasteiger charge is 2.05. The maximum Gasteiger partial charge on any atom is 0.335 e. The average molecular weight is 332 g/mol.